The number of amides is 1. The third kappa shape index (κ3) is 3.28. The number of para-hydroxylation sites is 1. The van der Waals surface area contributed by atoms with Crippen LogP contribution >= 0.6 is 0 Å². The first-order valence-electron chi connectivity index (χ1n) is 10.5. The van der Waals surface area contributed by atoms with Gasteiger partial charge >= 0.3 is 0 Å². The summed E-state index contributed by atoms with van der Waals surface area (Å²) in [5, 5.41) is 1.08. The quantitative estimate of drug-likeness (QED) is 0.489. The van der Waals surface area contributed by atoms with Crippen LogP contribution in [0.5, 0.6) is 11.5 Å². The molecule has 0 aliphatic carbocycles. The average Bonchev–Trinajstić information content (AvgIpc) is 3.21. The number of carbonyl (C=O) groups excluding carboxylic acids is 1. The summed E-state index contributed by atoms with van der Waals surface area (Å²) in [6.07, 6.45) is 0.696. The molecule has 4 aromatic rings. The highest BCUT2D eigenvalue weighted by Crippen LogP contribution is 2.40. The number of hydrogen-bond acceptors (Lipinski definition) is 3. The molecule has 0 fully saturated rings. The summed E-state index contributed by atoms with van der Waals surface area (Å²) in [5.41, 5.74) is 4.42. The van der Waals surface area contributed by atoms with Gasteiger partial charge < -0.3 is 19.4 Å². The molecule has 0 spiro atoms. The van der Waals surface area contributed by atoms with Crippen LogP contribution in [-0.4, -0.2) is 36.6 Å². The van der Waals surface area contributed by atoms with Crippen molar-refractivity contribution in [3.8, 4) is 11.5 Å². The molecule has 0 saturated heterocycles. The van der Waals surface area contributed by atoms with Crippen molar-refractivity contribution in [1.29, 1.82) is 0 Å². The van der Waals surface area contributed by atoms with E-state index in [0.29, 0.717) is 24.3 Å². The van der Waals surface area contributed by atoms with E-state index in [0.717, 1.165) is 33.5 Å². The number of nitrogens with zero attached hydrogens (tertiary/aromatic N) is 1. The standard InChI is InChI=1S/C26H23FN2O3/c1-31-18-11-12-22-21(15-18)19-13-14-29(26(30)20-5-3-4-6-23(20)32-2)25(24(19)28-22)16-7-9-17(27)10-8-16/h3-12,15,25,28H,13-14H2,1-2H3/t25-/m1/s1. The molecule has 6 heteroatoms. The predicted molar refractivity (Wildman–Crippen MR) is 121 cm³/mol. The van der Waals surface area contributed by atoms with Crippen molar-refractivity contribution in [3.63, 3.8) is 0 Å². The Kier molecular flexibility index (Phi) is 5.05. The van der Waals surface area contributed by atoms with Gasteiger partial charge in [-0.25, -0.2) is 4.39 Å². The summed E-state index contributed by atoms with van der Waals surface area (Å²) < 4.78 is 24.6. The largest absolute Gasteiger partial charge is 0.497 e. The Morgan fingerprint density at radius 2 is 1.81 bits per heavy atom. The molecule has 1 aliphatic heterocycles. The number of halogens is 1. The number of rotatable bonds is 4. The van der Waals surface area contributed by atoms with Crippen LogP contribution in [0.25, 0.3) is 10.9 Å². The van der Waals surface area contributed by atoms with E-state index in [2.05, 4.69) is 4.98 Å². The third-order valence-corrected chi connectivity index (χ3v) is 6.12. The molecule has 0 unspecified atom stereocenters. The number of benzene rings is 3. The maximum atomic E-state index is 13.7. The molecule has 32 heavy (non-hydrogen) atoms. The number of H-pyrrole nitrogens is 1. The monoisotopic (exact) mass is 430 g/mol. The van der Waals surface area contributed by atoms with Crippen LogP contribution in [0.3, 0.4) is 0 Å². The highest BCUT2D eigenvalue weighted by molar-refractivity contribution is 5.98. The second-order valence-electron chi connectivity index (χ2n) is 7.83. The van der Waals surface area contributed by atoms with E-state index >= 15 is 0 Å². The lowest BCUT2D eigenvalue weighted by Crippen LogP contribution is -2.40. The molecule has 0 saturated carbocycles. The van der Waals surface area contributed by atoms with Gasteiger partial charge in [0.05, 0.1) is 25.8 Å². The fourth-order valence-corrected chi connectivity index (χ4v) is 4.58. The van der Waals surface area contributed by atoms with Crippen LogP contribution in [0, 0.1) is 5.82 Å². The number of nitrogens with one attached hydrogen (secondary N) is 1. The number of aromatic nitrogens is 1. The number of methoxy groups -OCH3 is 2. The van der Waals surface area contributed by atoms with Gasteiger partial charge in [-0.2, -0.15) is 0 Å². The van der Waals surface area contributed by atoms with Gasteiger partial charge in [-0.3, -0.25) is 4.79 Å². The molecule has 162 valence electrons. The molecular formula is C26H23FN2O3. The number of aromatic amines is 1. The Balaban J connectivity index is 1.67. The van der Waals surface area contributed by atoms with Gasteiger partial charge in [-0.05, 0) is 60.0 Å². The minimum absolute atomic E-state index is 0.126. The topological polar surface area (TPSA) is 54.6 Å². The van der Waals surface area contributed by atoms with E-state index in [9.17, 15) is 9.18 Å². The van der Waals surface area contributed by atoms with Crippen LogP contribution in [0.2, 0.25) is 0 Å². The summed E-state index contributed by atoms with van der Waals surface area (Å²) >= 11 is 0. The summed E-state index contributed by atoms with van der Waals surface area (Å²) in [4.78, 5) is 19.0. The number of carbonyl (C=O) groups is 1. The van der Waals surface area contributed by atoms with Gasteiger partial charge in [-0.1, -0.05) is 24.3 Å². The molecule has 1 aromatic heterocycles. The summed E-state index contributed by atoms with van der Waals surface area (Å²) in [7, 11) is 3.21. The van der Waals surface area contributed by atoms with Gasteiger partial charge in [0.25, 0.3) is 5.91 Å². The van der Waals surface area contributed by atoms with Crippen molar-refractivity contribution in [2.45, 2.75) is 12.5 Å². The van der Waals surface area contributed by atoms with Crippen molar-refractivity contribution < 1.29 is 18.7 Å². The molecule has 1 aliphatic rings. The van der Waals surface area contributed by atoms with Crippen molar-refractivity contribution in [3.05, 3.63) is 94.9 Å². The van der Waals surface area contributed by atoms with E-state index in [-0.39, 0.29) is 17.8 Å². The first-order chi connectivity index (χ1) is 15.6. The van der Waals surface area contributed by atoms with Crippen molar-refractivity contribution in [2.24, 2.45) is 0 Å². The predicted octanol–water partition coefficient (Wildman–Crippen LogP) is 5.11. The van der Waals surface area contributed by atoms with E-state index in [4.69, 9.17) is 9.47 Å². The maximum absolute atomic E-state index is 13.7. The van der Waals surface area contributed by atoms with E-state index in [1.54, 1.807) is 38.5 Å². The lowest BCUT2D eigenvalue weighted by Gasteiger charge is -2.36. The average molecular weight is 430 g/mol. The van der Waals surface area contributed by atoms with Crippen LogP contribution in [-0.2, 0) is 6.42 Å². The molecule has 2 heterocycles. The highest BCUT2D eigenvalue weighted by Gasteiger charge is 2.35. The van der Waals surface area contributed by atoms with Gasteiger partial charge in [0, 0.05) is 23.1 Å². The molecule has 1 N–H and O–H groups in total. The minimum Gasteiger partial charge on any atom is -0.497 e. The van der Waals surface area contributed by atoms with Gasteiger partial charge in [0.1, 0.15) is 17.3 Å². The fraction of sp³-hybridized carbons (Fsp3) is 0.192. The molecule has 5 nitrogen and oxygen atoms in total. The first-order valence-corrected chi connectivity index (χ1v) is 10.5. The Hall–Kier alpha value is -3.80. The highest BCUT2D eigenvalue weighted by atomic mass is 19.1. The molecule has 1 amide bonds. The summed E-state index contributed by atoms with van der Waals surface area (Å²) in [6.45, 7) is 0.524. The second-order valence-corrected chi connectivity index (χ2v) is 7.83. The molecular weight excluding hydrogens is 407 g/mol. The third-order valence-electron chi connectivity index (χ3n) is 6.12. The minimum atomic E-state index is -0.379. The van der Waals surface area contributed by atoms with Crippen LogP contribution in [0.15, 0.2) is 66.7 Å². The Bertz CT molecular complexity index is 1300. The van der Waals surface area contributed by atoms with Crippen molar-refractivity contribution in [2.75, 3.05) is 20.8 Å². The zero-order valence-electron chi connectivity index (χ0n) is 17.9. The summed E-state index contributed by atoms with van der Waals surface area (Å²) in [5.74, 6) is 0.875. The first kappa shape index (κ1) is 20.1. The zero-order chi connectivity index (χ0) is 22.2. The summed E-state index contributed by atoms with van der Waals surface area (Å²) in [6, 6.07) is 19.1. The van der Waals surface area contributed by atoms with E-state index < -0.39 is 0 Å². The molecule has 1 atom stereocenters. The normalized spacial score (nSPS) is 15.5. The molecule has 0 radical (unpaired) electrons. The van der Waals surface area contributed by atoms with E-state index in [1.165, 1.54) is 12.1 Å². The van der Waals surface area contributed by atoms with E-state index in [1.807, 2.05) is 35.2 Å². The number of fused-ring (bicyclic) bond motifs is 3. The fourth-order valence-electron chi connectivity index (χ4n) is 4.58. The molecule has 5 rings (SSSR count). The second kappa shape index (κ2) is 8.04. The Morgan fingerprint density at radius 3 is 2.56 bits per heavy atom. The lowest BCUT2D eigenvalue weighted by atomic mass is 9.91. The Labute approximate surface area is 185 Å². The smallest absolute Gasteiger partial charge is 0.258 e. The molecule has 0 bridgehead atoms. The Morgan fingerprint density at radius 1 is 1.03 bits per heavy atom. The van der Waals surface area contributed by atoms with Crippen LogP contribution in [0.4, 0.5) is 4.39 Å². The van der Waals surface area contributed by atoms with Gasteiger partial charge in [0.15, 0.2) is 0 Å². The maximum Gasteiger partial charge on any atom is 0.258 e. The van der Waals surface area contributed by atoms with Gasteiger partial charge in [0.2, 0.25) is 0 Å². The van der Waals surface area contributed by atoms with Crippen LogP contribution < -0.4 is 9.47 Å². The van der Waals surface area contributed by atoms with Crippen molar-refractivity contribution >= 4 is 16.8 Å². The van der Waals surface area contributed by atoms with Crippen molar-refractivity contribution in [1.82, 2.24) is 9.88 Å². The lowest BCUT2D eigenvalue weighted by molar-refractivity contribution is 0.0688. The SMILES string of the molecule is COc1ccc2[nH]c3c(c2c1)CCN(C(=O)c1ccccc1OC)[C@@H]3c1ccc(F)cc1. The number of ether oxygens (including phenoxy) is 2. The number of hydrogen-bond donors (Lipinski definition) is 1. The van der Waals surface area contributed by atoms with Crippen LogP contribution in [0.1, 0.15) is 33.2 Å². The molecule has 3 aromatic carbocycles. The zero-order valence-corrected chi connectivity index (χ0v) is 17.9. The van der Waals surface area contributed by atoms with Gasteiger partial charge in [-0.15, -0.1) is 0 Å².